The third-order valence-electron chi connectivity index (χ3n) is 5.51. The summed E-state index contributed by atoms with van der Waals surface area (Å²) in [7, 11) is 1.34. The fourth-order valence-electron chi connectivity index (χ4n) is 3.78. The highest BCUT2D eigenvalue weighted by Gasteiger charge is 2.32. The molecule has 4 rings (SSSR count). The molecule has 1 aromatic carbocycles. The lowest BCUT2D eigenvalue weighted by Gasteiger charge is -2.32. The fraction of sp³-hybridized carbons (Fsp3) is 0.304. The molecule has 1 atom stereocenters. The second kappa shape index (κ2) is 9.43. The number of carbonyl (C=O) groups is 1. The minimum atomic E-state index is -4.52. The molecule has 1 aliphatic heterocycles. The van der Waals surface area contributed by atoms with Crippen LogP contribution in [0.25, 0.3) is 11.3 Å². The summed E-state index contributed by atoms with van der Waals surface area (Å²) in [6.07, 6.45) is 0.217. The van der Waals surface area contributed by atoms with Gasteiger partial charge < -0.3 is 15.0 Å². The Hall–Kier alpha value is -3.69. The second-order valence-electron chi connectivity index (χ2n) is 7.71. The van der Waals surface area contributed by atoms with Gasteiger partial charge in [0.25, 0.3) is 0 Å². The van der Waals surface area contributed by atoms with Gasteiger partial charge >= 0.3 is 6.18 Å². The van der Waals surface area contributed by atoms with E-state index >= 15 is 0 Å². The number of rotatable bonds is 5. The summed E-state index contributed by atoms with van der Waals surface area (Å²) in [5.41, 5.74) is 0.681. The van der Waals surface area contributed by atoms with Crippen molar-refractivity contribution in [1.82, 2.24) is 15.2 Å². The molecule has 0 bridgehead atoms. The van der Waals surface area contributed by atoms with Gasteiger partial charge in [-0.25, -0.2) is 0 Å². The van der Waals surface area contributed by atoms with E-state index in [1.165, 1.54) is 13.2 Å². The minimum Gasteiger partial charge on any atom is -0.495 e. The monoisotopic (exact) mass is 457 g/mol. The Balaban J connectivity index is 1.46. The number of carbonyl (C=O) groups excluding carboxylic acids is 1. The first-order chi connectivity index (χ1) is 15.8. The Kier molecular flexibility index (Phi) is 6.43. The van der Waals surface area contributed by atoms with Crippen molar-refractivity contribution in [3.8, 4) is 17.0 Å². The summed E-state index contributed by atoms with van der Waals surface area (Å²) in [5, 5.41) is 11.2. The van der Waals surface area contributed by atoms with Crippen molar-refractivity contribution >= 4 is 17.4 Å². The van der Waals surface area contributed by atoms with Gasteiger partial charge in [-0.1, -0.05) is 0 Å². The van der Waals surface area contributed by atoms with Crippen molar-refractivity contribution < 1.29 is 22.7 Å². The molecule has 10 heteroatoms. The number of hydrogen-bond donors (Lipinski definition) is 1. The van der Waals surface area contributed by atoms with Gasteiger partial charge in [-0.3, -0.25) is 9.78 Å². The average molecular weight is 457 g/mol. The summed E-state index contributed by atoms with van der Waals surface area (Å²) < 4.78 is 44.4. The summed E-state index contributed by atoms with van der Waals surface area (Å²) in [6, 6.07) is 10.4. The quantitative estimate of drug-likeness (QED) is 0.611. The van der Waals surface area contributed by atoms with Crippen LogP contribution >= 0.6 is 0 Å². The van der Waals surface area contributed by atoms with Gasteiger partial charge in [0.05, 0.1) is 30.0 Å². The molecule has 2 aromatic heterocycles. The summed E-state index contributed by atoms with van der Waals surface area (Å²) in [4.78, 5) is 18.9. The molecule has 172 valence electrons. The van der Waals surface area contributed by atoms with Crippen LogP contribution in [-0.2, 0) is 11.0 Å². The standard InChI is InChI=1S/C23H22F3N5O2/c1-33-20-8-6-17(23(24,25)26)12-19(20)28-22(32)16-5-3-11-31(14-16)21-9-7-18(29-30-21)15-4-2-10-27-13-15/h2,4,6-10,12-13,16H,3,5,11,14H2,1H3,(H,28,32). The molecule has 3 aromatic rings. The summed E-state index contributed by atoms with van der Waals surface area (Å²) >= 11 is 0. The number of halogens is 3. The van der Waals surface area contributed by atoms with Crippen LogP contribution in [-0.4, -0.2) is 41.3 Å². The number of amides is 1. The lowest BCUT2D eigenvalue weighted by atomic mass is 9.97. The molecule has 33 heavy (non-hydrogen) atoms. The summed E-state index contributed by atoms with van der Waals surface area (Å²) in [6.45, 7) is 1.09. The number of piperidine rings is 1. The van der Waals surface area contributed by atoms with Crippen molar-refractivity contribution in [2.75, 3.05) is 30.4 Å². The second-order valence-corrected chi connectivity index (χ2v) is 7.71. The van der Waals surface area contributed by atoms with Crippen LogP contribution in [0.2, 0.25) is 0 Å². The van der Waals surface area contributed by atoms with Gasteiger partial charge in [-0.15, -0.1) is 10.2 Å². The normalized spacial score (nSPS) is 16.4. The van der Waals surface area contributed by atoms with E-state index in [9.17, 15) is 18.0 Å². The Morgan fingerprint density at radius 3 is 2.70 bits per heavy atom. The van der Waals surface area contributed by atoms with Crippen LogP contribution in [0.4, 0.5) is 24.7 Å². The first kappa shape index (κ1) is 22.5. The van der Waals surface area contributed by atoms with Gasteiger partial charge in [0.15, 0.2) is 5.82 Å². The van der Waals surface area contributed by atoms with Gasteiger partial charge in [0, 0.05) is 31.0 Å². The maximum Gasteiger partial charge on any atom is 0.416 e. The number of methoxy groups -OCH3 is 1. The molecular formula is C23H22F3N5O2. The van der Waals surface area contributed by atoms with Gasteiger partial charge in [-0.05, 0) is 55.3 Å². The molecule has 1 aliphatic rings. The van der Waals surface area contributed by atoms with Crippen LogP contribution in [0, 0.1) is 5.92 Å². The molecule has 1 unspecified atom stereocenters. The highest BCUT2D eigenvalue weighted by Crippen LogP contribution is 2.35. The number of nitrogens with zero attached hydrogens (tertiary/aromatic N) is 4. The van der Waals surface area contributed by atoms with Crippen LogP contribution in [0.15, 0.2) is 54.9 Å². The van der Waals surface area contributed by atoms with Crippen LogP contribution in [0.5, 0.6) is 5.75 Å². The molecule has 1 N–H and O–H groups in total. The van der Waals surface area contributed by atoms with Crippen molar-refractivity contribution in [2.24, 2.45) is 5.92 Å². The van der Waals surface area contributed by atoms with E-state index in [-0.39, 0.29) is 17.3 Å². The van der Waals surface area contributed by atoms with E-state index in [1.807, 2.05) is 29.2 Å². The number of pyridine rings is 1. The molecule has 0 saturated carbocycles. The molecule has 0 aliphatic carbocycles. The number of hydrogen-bond acceptors (Lipinski definition) is 6. The highest BCUT2D eigenvalue weighted by atomic mass is 19.4. The zero-order valence-electron chi connectivity index (χ0n) is 17.8. The Morgan fingerprint density at radius 2 is 2.03 bits per heavy atom. The average Bonchev–Trinajstić information content (AvgIpc) is 2.84. The largest absolute Gasteiger partial charge is 0.495 e. The Bertz CT molecular complexity index is 1110. The Morgan fingerprint density at radius 1 is 1.18 bits per heavy atom. The number of ether oxygens (including phenoxy) is 1. The predicted octanol–water partition coefficient (Wildman–Crippen LogP) is 4.42. The minimum absolute atomic E-state index is 0.00457. The van der Waals surface area contributed by atoms with E-state index in [2.05, 4.69) is 20.5 Å². The molecule has 1 amide bonds. The van der Waals surface area contributed by atoms with Crippen LogP contribution in [0.3, 0.4) is 0 Å². The smallest absolute Gasteiger partial charge is 0.416 e. The van der Waals surface area contributed by atoms with Crippen molar-refractivity contribution in [3.05, 3.63) is 60.4 Å². The number of anilines is 2. The number of alkyl halides is 3. The van der Waals surface area contributed by atoms with E-state index in [1.54, 1.807) is 12.4 Å². The molecular weight excluding hydrogens is 435 g/mol. The zero-order valence-corrected chi connectivity index (χ0v) is 17.8. The first-order valence-electron chi connectivity index (χ1n) is 10.4. The molecule has 7 nitrogen and oxygen atoms in total. The van der Waals surface area contributed by atoms with E-state index in [0.29, 0.717) is 31.0 Å². The SMILES string of the molecule is COc1ccc(C(F)(F)F)cc1NC(=O)C1CCCN(c2ccc(-c3cccnc3)nn2)C1. The van der Waals surface area contributed by atoms with Gasteiger partial charge in [-0.2, -0.15) is 13.2 Å². The molecule has 0 radical (unpaired) electrons. The van der Waals surface area contributed by atoms with E-state index < -0.39 is 17.7 Å². The maximum absolute atomic E-state index is 13.1. The maximum atomic E-state index is 13.1. The highest BCUT2D eigenvalue weighted by molar-refractivity contribution is 5.94. The molecule has 1 fully saturated rings. The lowest BCUT2D eigenvalue weighted by Crippen LogP contribution is -2.41. The van der Waals surface area contributed by atoms with Crippen LogP contribution in [0.1, 0.15) is 18.4 Å². The van der Waals surface area contributed by atoms with Gasteiger partial charge in [0.2, 0.25) is 5.91 Å². The molecule has 3 heterocycles. The zero-order chi connectivity index (χ0) is 23.4. The third-order valence-corrected chi connectivity index (χ3v) is 5.51. The van der Waals surface area contributed by atoms with Crippen molar-refractivity contribution in [2.45, 2.75) is 19.0 Å². The van der Waals surface area contributed by atoms with Crippen molar-refractivity contribution in [3.63, 3.8) is 0 Å². The van der Waals surface area contributed by atoms with Crippen LogP contribution < -0.4 is 15.0 Å². The number of aromatic nitrogens is 3. The fourth-order valence-corrected chi connectivity index (χ4v) is 3.78. The molecule has 0 spiro atoms. The third kappa shape index (κ3) is 5.21. The summed E-state index contributed by atoms with van der Waals surface area (Å²) in [5.74, 6) is 0.0210. The van der Waals surface area contributed by atoms with E-state index in [0.717, 1.165) is 24.1 Å². The molecule has 1 saturated heterocycles. The van der Waals surface area contributed by atoms with E-state index in [4.69, 9.17) is 4.74 Å². The Labute approximate surface area is 188 Å². The lowest BCUT2D eigenvalue weighted by molar-refractivity contribution is -0.137. The number of nitrogens with one attached hydrogen (secondary N) is 1. The van der Waals surface area contributed by atoms with Gasteiger partial charge in [0.1, 0.15) is 5.75 Å². The first-order valence-corrected chi connectivity index (χ1v) is 10.4. The topological polar surface area (TPSA) is 80.2 Å². The van der Waals surface area contributed by atoms with Crippen molar-refractivity contribution in [1.29, 1.82) is 0 Å². The number of benzene rings is 1. The predicted molar refractivity (Wildman–Crippen MR) is 117 cm³/mol.